The van der Waals surface area contributed by atoms with Crippen LogP contribution in [0.15, 0.2) is 18.2 Å². The maximum absolute atomic E-state index is 13.6. The molecule has 84 valence electrons. The van der Waals surface area contributed by atoms with Crippen LogP contribution in [0, 0.1) is 5.82 Å². The number of rotatable bonds is 2. The smallest absolute Gasteiger partial charge is 0.149 e. The van der Waals surface area contributed by atoms with Gasteiger partial charge in [0.05, 0.1) is 10.0 Å². The van der Waals surface area contributed by atoms with Gasteiger partial charge in [-0.1, -0.05) is 36.5 Å². The highest BCUT2D eigenvalue weighted by Crippen LogP contribution is 2.31. The number of fused-ring (bicyclic) bond motifs is 1. The molecule has 2 aromatic rings. The summed E-state index contributed by atoms with van der Waals surface area (Å²) in [4.78, 5) is 4.24. The van der Waals surface area contributed by atoms with Gasteiger partial charge < -0.3 is 0 Å². The van der Waals surface area contributed by atoms with E-state index in [1.54, 1.807) is 6.07 Å². The lowest BCUT2D eigenvalue weighted by molar-refractivity contribution is 0.636. The number of nitrogens with zero attached hydrogens (tertiary/aromatic N) is 1. The lowest BCUT2D eigenvalue weighted by Gasteiger charge is -2.06. The van der Waals surface area contributed by atoms with Gasteiger partial charge in [0.1, 0.15) is 11.3 Å². The highest BCUT2D eigenvalue weighted by Gasteiger charge is 2.11. The van der Waals surface area contributed by atoms with E-state index in [1.165, 1.54) is 12.1 Å². The molecule has 2 rings (SSSR count). The predicted octanol–water partition coefficient (Wildman–Crippen LogP) is 4.63. The molecule has 1 aromatic heterocycles. The lowest BCUT2D eigenvalue weighted by Crippen LogP contribution is -1.93. The van der Waals surface area contributed by atoms with Crippen LogP contribution < -0.4 is 0 Å². The third kappa shape index (κ3) is 2.00. The molecule has 1 aromatic carbocycles. The molecule has 0 aliphatic rings. The van der Waals surface area contributed by atoms with Gasteiger partial charge in [0.15, 0.2) is 0 Å². The summed E-state index contributed by atoms with van der Waals surface area (Å²) < 4.78 is 13.6. The van der Waals surface area contributed by atoms with Crippen LogP contribution in [0.25, 0.3) is 10.9 Å². The first kappa shape index (κ1) is 11.6. The van der Waals surface area contributed by atoms with Crippen LogP contribution in [0.1, 0.15) is 19.0 Å². The van der Waals surface area contributed by atoms with E-state index in [1.807, 2.05) is 6.92 Å². The molecule has 0 saturated heterocycles. The largest absolute Gasteiger partial charge is 0.250 e. The fourth-order valence-corrected chi connectivity index (χ4v) is 2.28. The monoisotopic (exact) mass is 257 g/mol. The lowest BCUT2D eigenvalue weighted by atomic mass is 10.1. The first-order valence-electron chi connectivity index (χ1n) is 5.06. The normalized spacial score (nSPS) is 11.0. The summed E-state index contributed by atoms with van der Waals surface area (Å²) in [6.07, 6.45) is 1.72. The number of pyridine rings is 1. The van der Waals surface area contributed by atoms with Gasteiger partial charge in [-0.25, -0.2) is 9.37 Å². The molecule has 0 radical (unpaired) electrons. The van der Waals surface area contributed by atoms with E-state index in [2.05, 4.69) is 4.98 Å². The first-order chi connectivity index (χ1) is 7.63. The molecular weight excluding hydrogens is 248 g/mol. The Morgan fingerprint density at radius 2 is 2.00 bits per heavy atom. The van der Waals surface area contributed by atoms with Crippen LogP contribution in [0.5, 0.6) is 0 Å². The SMILES string of the molecule is CCCc1cc(Cl)c2c(Cl)ccc(F)c2n1. The van der Waals surface area contributed by atoms with E-state index < -0.39 is 0 Å². The average molecular weight is 258 g/mol. The fraction of sp³-hybridized carbons (Fsp3) is 0.250. The number of halogens is 3. The standard InChI is InChI=1S/C12H10Cl2FN/c1-2-3-7-6-9(14)11-8(13)4-5-10(15)12(11)16-7/h4-6H,2-3H2,1H3. The molecule has 0 aliphatic heterocycles. The van der Waals surface area contributed by atoms with Gasteiger partial charge in [-0.15, -0.1) is 0 Å². The zero-order valence-electron chi connectivity index (χ0n) is 8.73. The van der Waals surface area contributed by atoms with Crippen molar-refractivity contribution in [1.82, 2.24) is 4.98 Å². The van der Waals surface area contributed by atoms with Crippen LogP contribution in [-0.4, -0.2) is 4.98 Å². The molecule has 4 heteroatoms. The highest BCUT2D eigenvalue weighted by atomic mass is 35.5. The summed E-state index contributed by atoms with van der Waals surface area (Å²) in [5.74, 6) is -0.390. The first-order valence-corrected chi connectivity index (χ1v) is 5.82. The van der Waals surface area contributed by atoms with Crippen molar-refractivity contribution in [3.63, 3.8) is 0 Å². The maximum atomic E-state index is 13.6. The Labute approximate surface area is 103 Å². The van der Waals surface area contributed by atoms with Crippen molar-refractivity contribution < 1.29 is 4.39 Å². The summed E-state index contributed by atoms with van der Waals surface area (Å²) >= 11 is 12.1. The molecule has 0 saturated carbocycles. The van der Waals surface area contributed by atoms with Crippen molar-refractivity contribution in [3.8, 4) is 0 Å². The fourth-order valence-electron chi connectivity index (χ4n) is 1.66. The van der Waals surface area contributed by atoms with E-state index >= 15 is 0 Å². The van der Waals surface area contributed by atoms with Crippen LogP contribution >= 0.6 is 23.2 Å². The Morgan fingerprint density at radius 1 is 1.25 bits per heavy atom. The van der Waals surface area contributed by atoms with Gasteiger partial charge in [-0.05, 0) is 24.6 Å². The highest BCUT2D eigenvalue weighted by molar-refractivity contribution is 6.42. The van der Waals surface area contributed by atoms with Gasteiger partial charge in [-0.2, -0.15) is 0 Å². The maximum Gasteiger partial charge on any atom is 0.149 e. The second-order valence-corrected chi connectivity index (χ2v) is 4.41. The van der Waals surface area contributed by atoms with Crippen molar-refractivity contribution in [2.45, 2.75) is 19.8 Å². The second kappa shape index (κ2) is 4.56. The zero-order valence-corrected chi connectivity index (χ0v) is 10.2. The molecular formula is C12H10Cl2FN. The quantitative estimate of drug-likeness (QED) is 0.765. The molecule has 0 aliphatic carbocycles. The van der Waals surface area contributed by atoms with Gasteiger partial charge >= 0.3 is 0 Å². The molecule has 1 nitrogen and oxygen atoms in total. The van der Waals surface area contributed by atoms with Crippen LogP contribution in [-0.2, 0) is 6.42 Å². The number of hydrogen-bond acceptors (Lipinski definition) is 1. The van der Waals surface area contributed by atoms with E-state index in [0.29, 0.717) is 15.4 Å². The number of aryl methyl sites for hydroxylation is 1. The minimum absolute atomic E-state index is 0.253. The molecule has 0 bridgehead atoms. The Hall–Kier alpha value is -0.860. The van der Waals surface area contributed by atoms with Gasteiger partial charge in [0, 0.05) is 11.1 Å². The van der Waals surface area contributed by atoms with Gasteiger partial charge in [0.25, 0.3) is 0 Å². The minimum atomic E-state index is -0.390. The Bertz CT molecular complexity index is 540. The number of hydrogen-bond donors (Lipinski definition) is 0. The minimum Gasteiger partial charge on any atom is -0.250 e. The van der Waals surface area contributed by atoms with Crippen molar-refractivity contribution in [1.29, 1.82) is 0 Å². The molecule has 0 fully saturated rings. The topological polar surface area (TPSA) is 12.9 Å². The molecule has 0 amide bonds. The van der Waals surface area contributed by atoms with E-state index in [0.717, 1.165) is 18.5 Å². The van der Waals surface area contributed by atoms with Crippen molar-refractivity contribution >= 4 is 34.1 Å². The van der Waals surface area contributed by atoms with E-state index in [-0.39, 0.29) is 11.3 Å². The van der Waals surface area contributed by atoms with Gasteiger partial charge in [-0.3, -0.25) is 0 Å². The number of aromatic nitrogens is 1. The Kier molecular flexibility index (Phi) is 3.31. The van der Waals surface area contributed by atoms with Crippen molar-refractivity contribution in [2.75, 3.05) is 0 Å². The van der Waals surface area contributed by atoms with E-state index in [4.69, 9.17) is 23.2 Å². The molecule has 0 unspecified atom stereocenters. The van der Waals surface area contributed by atoms with Crippen LogP contribution in [0.4, 0.5) is 4.39 Å². The van der Waals surface area contributed by atoms with Crippen molar-refractivity contribution in [2.24, 2.45) is 0 Å². The van der Waals surface area contributed by atoms with E-state index in [9.17, 15) is 4.39 Å². The summed E-state index contributed by atoms with van der Waals surface area (Å²) in [5, 5.41) is 1.37. The molecule has 0 spiro atoms. The molecule has 0 N–H and O–H groups in total. The van der Waals surface area contributed by atoms with Crippen LogP contribution in [0.3, 0.4) is 0 Å². The summed E-state index contributed by atoms with van der Waals surface area (Å²) in [6, 6.07) is 4.55. The summed E-state index contributed by atoms with van der Waals surface area (Å²) in [6.45, 7) is 2.04. The third-order valence-electron chi connectivity index (χ3n) is 2.37. The van der Waals surface area contributed by atoms with Crippen LogP contribution in [0.2, 0.25) is 10.0 Å². The average Bonchev–Trinajstić information content (AvgIpc) is 2.23. The van der Waals surface area contributed by atoms with Crippen molar-refractivity contribution in [3.05, 3.63) is 39.8 Å². The molecule has 1 heterocycles. The zero-order chi connectivity index (χ0) is 11.7. The molecule has 0 atom stereocenters. The number of benzene rings is 1. The Balaban J connectivity index is 2.76. The molecule has 16 heavy (non-hydrogen) atoms. The summed E-state index contributed by atoms with van der Waals surface area (Å²) in [7, 11) is 0. The van der Waals surface area contributed by atoms with Gasteiger partial charge in [0.2, 0.25) is 0 Å². The third-order valence-corrected chi connectivity index (χ3v) is 2.98. The predicted molar refractivity (Wildman–Crippen MR) is 65.7 cm³/mol. The summed E-state index contributed by atoms with van der Waals surface area (Å²) in [5.41, 5.74) is 1.05. The second-order valence-electron chi connectivity index (χ2n) is 3.60. The Morgan fingerprint density at radius 3 is 2.69 bits per heavy atom.